The summed E-state index contributed by atoms with van der Waals surface area (Å²) >= 11 is 0. The summed E-state index contributed by atoms with van der Waals surface area (Å²) in [5.74, 6) is 0.480. The SMILES string of the molecule is C=CCOc1ccccc1C(=O)NCC1=CCNCC1. The molecule has 0 spiro atoms. The van der Waals surface area contributed by atoms with E-state index < -0.39 is 0 Å². The molecule has 0 fully saturated rings. The monoisotopic (exact) mass is 272 g/mol. The maximum absolute atomic E-state index is 12.2. The summed E-state index contributed by atoms with van der Waals surface area (Å²) in [6, 6.07) is 7.25. The van der Waals surface area contributed by atoms with Crippen LogP contribution in [-0.2, 0) is 0 Å². The first-order valence-corrected chi connectivity index (χ1v) is 6.81. The van der Waals surface area contributed by atoms with Crippen molar-refractivity contribution in [2.75, 3.05) is 26.2 Å². The average Bonchev–Trinajstić information content (AvgIpc) is 2.52. The number of para-hydroxylation sites is 1. The second kappa shape index (κ2) is 7.50. The van der Waals surface area contributed by atoms with Crippen LogP contribution in [0.1, 0.15) is 16.8 Å². The molecule has 20 heavy (non-hydrogen) atoms. The van der Waals surface area contributed by atoms with Crippen molar-refractivity contribution in [1.29, 1.82) is 0 Å². The molecule has 1 aliphatic heterocycles. The molecule has 1 aromatic carbocycles. The molecule has 1 aromatic rings. The molecule has 4 heteroatoms. The predicted octanol–water partition coefficient (Wildman–Crippen LogP) is 1.90. The Morgan fingerprint density at radius 2 is 2.30 bits per heavy atom. The number of carbonyl (C=O) groups excluding carboxylic acids is 1. The molecule has 1 aliphatic rings. The van der Waals surface area contributed by atoms with Crippen LogP contribution in [0.2, 0.25) is 0 Å². The molecule has 0 atom stereocenters. The first kappa shape index (κ1) is 14.3. The number of rotatable bonds is 6. The molecule has 106 valence electrons. The van der Waals surface area contributed by atoms with Gasteiger partial charge in [0.2, 0.25) is 0 Å². The molecule has 1 heterocycles. The van der Waals surface area contributed by atoms with E-state index in [-0.39, 0.29) is 5.91 Å². The topological polar surface area (TPSA) is 50.4 Å². The van der Waals surface area contributed by atoms with E-state index in [4.69, 9.17) is 4.74 Å². The summed E-state index contributed by atoms with van der Waals surface area (Å²) in [5, 5.41) is 6.19. The fourth-order valence-corrected chi connectivity index (χ4v) is 2.05. The lowest BCUT2D eigenvalue weighted by Crippen LogP contribution is -2.29. The van der Waals surface area contributed by atoms with Crippen LogP contribution < -0.4 is 15.4 Å². The minimum atomic E-state index is -0.107. The number of amides is 1. The van der Waals surface area contributed by atoms with E-state index >= 15 is 0 Å². The van der Waals surface area contributed by atoms with Gasteiger partial charge in [-0.15, -0.1) is 0 Å². The Hall–Kier alpha value is -2.07. The molecular weight excluding hydrogens is 252 g/mol. The number of hydrogen-bond acceptors (Lipinski definition) is 3. The number of hydrogen-bond donors (Lipinski definition) is 2. The van der Waals surface area contributed by atoms with Gasteiger partial charge in [-0.25, -0.2) is 0 Å². The van der Waals surface area contributed by atoms with Crippen LogP contribution in [0.25, 0.3) is 0 Å². The third-order valence-electron chi connectivity index (χ3n) is 3.12. The van der Waals surface area contributed by atoms with Gasteiger partial charge >= 0.3 is 0 Å². The number of carbonyl (C=O) groups is 1. The lowest BCUT2D eigenvalue weighted by Gasteiger charge is -2.15. The molecule has 0 saturated heterocycles. The minimum absolute atomic E-state index is 0.107. The van der Waals surface area contributed by atoms with Gasteiger partial charge in [-0.3, -0.25) is 4.79 Å². The van der Waals surface area contributed by atoms with Crippen LogP contribution in [-0.4, -0.2) is 32.1 Å². The van der Waals surface area contributed by atoms with E-state index in [0.717, 1.165) is 19.5 Å². The summed E-state index contributed by atoms with van der Waals surface area (Å²) in [7, 11) is 0. The third kappa shape index (κ3) is 3.96. The highest BCUT2D eigenvalue weighted by atomic mass is 16.5. The van der Waals surface area contributed by atoms with Crippen molar-refractivity contribution in [3.63, 3.8) is 0 Å². The highest BCUT2D eigenvalue weighted by Gasteiger charge is 2.12. The van der Waals surface area contributed by atoms with Gasteiger partial charge in [0.1, 0.15) is 12.4 Å². The van der Waals surface area contributed by atoms with Gasteiger partial charge in [-0.05, 0) is 25.1 Å². The summed E-state index contributed by atoms with van der Waals surface area (Å²) in [6.07, 6.45) is 4.77. The smallest absolute Gasteiger partial charge is 0.255 e. The molecular formula is C16H20N2O2. The van der Waals surface area contributed by atoms with Crippen molar-refractivity contribution in [2.24, 2.45) is 0 Å². The Morgan fingerprint density at radius 3 is 3.05 bits per heavy atom. The molecule has 0 aliphatic carbocycles. The Morgan fingerprint density at radius 1 is 1.45 bits per heavy atom. The Bertz CT molecular complexity index is 509. The summed E-state index contributed by atoms with van der Waals surface area (Å²) in [4.78, 5) is 12.2. The number of ether oxygens (including phenoxy) is 1. The fourth-order valence-electron chi connectivity index (χ4n) is 2.05. The van der Waals surface area contributed by atoms with Gasteiger partial charge in [-0.2, -0.15) is 0 Å². The zero-order chi connectivity index (χ0) is 14.2. The third-order valence-corrected chi connectivity index (χ3v) is 3.12. The predicted molar refractivity (Wildman–Crippen MR) is 80.0 cm³/mol. The lowest BCUT2D eigenvalue weighted by molar-refractivity contribution is 0.0953. The van der Waals surface area contributed by atoms with E-state index in [1.807, 2.05) is 12.1 Å². The Labute approximate surface area is 119 Å². The van der Waals surface area contributed by atoms with E-state index in [0.29, 0.717) is 24.5 Å². The van der Waals surface area contributed by atoms with Crippen molar-refractivity contribution in [3.05, 3.63) is 54.1 Å². The van der Waals surface area contributed by atoms with Crippen LogP contribution in [0.4, 0.5) is 0 Å². The van der Waals surface area contributed by atoms with Gasteiger partial charge in [0.05, 0.1) is 5.56 Å². The maximum atomic E-state index is 12.2. The zero-order valence-electron chi connectivity index (χ0n) is 11.5. The van der Waals surface area contributed by atoms with E-state index in [2.05, 4.69) is 23.3 Å². The standard InChI is InChI=1S/C16H20N2O2/c1-2-11-20-15-6-4-3-5-14(15)16(19)18-12-13-7-9-17-10-8-13/h2-7,17H,1,8-12H2,(H,18,19). The average molecular weight is 272 g/mol. The molecule has 0 saturated carbocycles. The van der Waals surface area contributed by atoms with E-state index in [9.17, 15) is 4.79 Å². The van der Waals surface area contributed by atoms with Crippen molar-refractivity contribution in [3.8, 4) is 5.75 Å². The Balaban J connectivity index is 1.97. The highest BCUT2D eigenvalue weighted by Crippen LogP contribution is 2.18. The molecule has 4 nitrogen and oxygen atoms in total. The molecule has 2 N–H and O–H groups in total. The number of nitrogens with one attached hydrogen (secondary N) is 2. The van der Waals surface area contributed by atoms with Gasteiger partial charge in [0.25, 0.3) is 5.91 Å². The van der Waals surface area contributed by atoms with Gasteiger partial charge in [0.15, 0.2) is 0 Å². The molecule has 0 unspecified atom stereocenters. The van der Waals surface area contributed by atoms with Crippen molar-refractivity contribution < 1.29 is 9.53 Å². The van der Waals surface area contributed by atoms with E-state index in [1.165, 1.54) is 5.57 Å². The fraction of sp³-hybridized carbons (Fsp3) is 0.312. The lowest BCUT2D eigenvalue weighted by atomic mass is 10.1. The van der Waals surface area contributed by atoms with Crippen LogP contribution in [0.3, 0.4) is 0 Å². The van der Waals surface area contributed by atoms with Crippen LogP contribution in [0, 0.1) is 0 Å². The summed E-state index contributed by atoms with van der Waals surface area (Å²) < 4.78 is 5.50. The second-order valence-electron chi connectivity index (χ2n) is 4.60. The molecule has 1 amide bonds. The molecule has 0 aromatic heterocycles. The van der Waals surface area contributed by atoms with Gasteiger partial charge < -0.3 is 15.4 Å². The van der Waals surface area contributed by atoms with Crippen LogP contribution in [0.15, 0.2) is 48.6 Å². The number of benzene rings is 1. The van der Waals surface area contributed by atoms with Gasteiger partial charge in [0, 0.05) is 13.1 Å². The Kier molecular flexibility index (Phi) is 5.38. The van der Waals surface area contributed by atoms with Crippen molar-refractivity contribution >= 4 is 5.91 Å². The summed E-state index contributed by atoms with van der Waals surface area (Å²) in [6.45, 7) is 6.44. The molecule has 0 radical (unpaired) electrons. The highest BCUT2D eigenvalue weighted by molar-refractivity contribution is 5.97. The van der Waals surface area contributed by atoms with Crippen LogP contribution in [0.5, 0.6) is 5.75 Å². The first-order chi connectivity index (χ1) is 9.81. The normalized spacial score (nSPS) is 14.3. The largest absolute Gasteiger partial charge is 0.489 e. The quantitative estimate of drug-likeness (QED) is 0.778. The van der Waals surface area contributed by atoms with Gasteiger partial charge in [-0.1, -0.05) is 36.4 Å². The summed E-state index contributed by atoms with van der Waals surface area (Å²) in [5.41, 5.74) is 1.82. The molecule has 2 rings (SSSR count). The molecule has 0 bridgehead atoms. The maximum Gasteiger partial charge on any atom is 0.255 e. The van der Waals surface area contributed by atoms with E-state index in [1.54, 1.807) is 18.2 Å². The van der Waals surface area contributed by atoms with Crippen LogP contribution >= 0.6 is 0 Å². The zero-order valence-corrected chi connectivity index (χ0v) is 11.5. The minimum Gasteiger partial charge on any atom is -0.489 e. The first-order valence-electron chi connectivity index (χ1n) is 6.81. The van der Waals surface area contributed by atoms with Crippen molar-refractivity contribution in [2.45, 2.75) is 6.42 Å². The second-order valence-corrected chi connectivity index (χ2v) is 4.60. The van der Waals surface area contributed by atoms with Crippen molar-refractivity contribution in [1.82, 2.24) is 10.6 Å².